The van der Waals surface area contributed by atoms with Crippen LogP contribution in [0.3, 0.4) is 0 Å². The van der Waals surface area contributed by atoms with E-state index in [1.54, 1.807) is 24.3 Å². The summed E-state index contributed by atoms with van der Waals surface area (Å²) in [7, 11) is -3.54. The van der Waals surface area contributed by atoms with Gasteiger partial charge in [-0.25, -0.2) is 0 Å². The third-order valence-corrected chi connectivity index (χ3v) is 5.34. The highest BCUT2D eigenvalue weighted by molar-refractivity contribution is 7.66. The fourth-order valence-corrected chi connectivity index (χ4v) is 3.48. The van der Waals surface area contributed by atoms with Crippen molar-refractivity contribution in [2.45, 2.75) is 32.0 Å². The van der Waals surface area contributed by atoms with Gasteiger partial charge in [-0.15, -0.1) is 6.42 Å². The van der Waals surface area contributed by atoms with E-state index in [1.807, 2.05) is 26.8 Å². The van der Waals surface area contributed by atoms with Gasteiger partial charge in [0, 0.05) is 17.4 Å². The van der Waals surface area contributed by atoms with Crippen LogP contribution in [0.4, 0.5) is 0 Å². The van der Waals surface area contributed by atoms with E-state index < -0.39 is 13.0 Å². The number of ether oxygens (including phenoxy) is 1. The molecule has 5 heteroatoms. The van der Waals surface area contributed by atoms with Gasteiger partial charge in [0.1, 0.15) is 6.61 Å². The van der Waals surface area contributed by atoms with E-state index in [1.165, 1.54) is 0 Å². The van der Waals surface area contributed by atoms with Crippen LogP contribution >= 0.6 is 7.37 Å². The molecule has 0 amide bonds. The summed E-state index contributed by atoms with van der Waals surface area (Å²) >= 11 is 0. The van der Waals surface area contributed by atoms with Crippen molar-refractivity contribution in [2.24, 2.45) is 0 Å². The van der Waals surface area contributed by atoms with Crippen LogP contribution < -0.4 is 10.6 Å². The third kappa shape index (κ3) is 6.03. The van der Waals surface area contributed by atoms with Crippen LogP contribution in [0.15, 0.2) is 30.3 Å². The lowest BCUT2D eigenvalue weighted by molar-refractivity contribution is 0.161. The second kappa shape index (κ2) is 7.77. The molecular formula is C16H24NO3P. The molecule has 2 unspecified atom stereocenters. The highest BCUT2D eigenvalue weighted by Gasteiger charge is 2.33. The molecule has 0 radical (unpaired) electrons. The average Bonchev–Trinajstić information content (AvgIpc) is 2.42. The predicted molar refractivity (Wildman–Crippen MR) is 87.1 cm³/mol. The molecule has 0 saturated heterocycles. The normalized spacial score (nSPS) is 16.0. The number of terminal acetylenes is 1. The number of rotatable bonds is 7. The Morgan fingerprint density at radius 3 is 2.52 bits per heavy atom. The molecule has 0 aliphatic heterocycles. The standard InChI is InChI=1S/C16H24NO3P/c1-5-11-20-13-15(12-17-16(2,3)4)21(18,19)14-9-7-6-8-10-14/h1,6-10,15,17H,11-13H2,2-4H3,(H,18,19). The zero-order valence-electron chi connectivity index (χ0n) is 12.9. The molecule has 116 valence electrons. The van der Waals surface area contributed by atoms with Gasteiger partial charge in [-0.05, 0) is 32.9 Å². The Labute approximate surface area is 127 Å². The van der Waals surface area contributed by atoms with Crippen molar-refractivity contribution in [1.82, 2.24) is 5.32 Å². The summed E-state index contributed by atoms with van der Waals surface area (Å²) in [6.45, 7) is 6.71. The lowest BCUT2D eigenvalue weighted by atomic mass is 10.1. The second-order valence-electron chi connectivity index (χ2n) is 5.96. The maximum absolute atomic E-state index is 12.8. The molecule has 0 aromatic heterocycles. The maximum Gasteiger partial charge on any atom is 0.236 e. The summed E-state index contributed by atoms with van der Waals surface area (Å²) in [5, 5.41) is 3.70. The Morgan fingerprint density at radius 1 is 1.38 bits per heavy atom. The SMILES string of the molecule is C#CCOCC(CNC(C)(C)C)P(=O)(O)c1ccccc1. The predicted octanol–water partition coefficient (Wildman–Crippen LogP) is 1.99. The molecule has 4 nitrogen and oxygen atoms in total. The molecule has 0 aliphatic carbocycles. The Hall–Kier alpha value is -1.11. The van der Waals surface area contributed by atoms with Crippen LogP contribution in [0.2, 0.25) is 0 Å². The Balaban J connectivity index is 2.88. The van der Waals surface area contributed by atoms with E-state index >= 15 is 0 Å². The molecule has 0 saturated carbocycles. The van der Waals surface area contributed by atoms with Crippen molar-refractivity contribution in [2.75, 3.05) is 19.8 Å². The van der Waals surface area contributed by atoms with E-state index in [0.29, 0.717) is 11.8 Å². The van der Waals surface area contributed by atoms with Gasteiger partial charge in [-0.3, -0.25) is 4.57 Å². The number of hydrogen-bond acceptors (Lipinski definition) is 3. The number of hydrogen-bond donors (Lipinski definition) is 2. The van der Waals surface area contributed by atoms with Crippen molar-refractivity contribution >= 4 is 12.7 Å². The molecule has 2 atom stereocenters. The zero-order valence-corrected chi connectivity index (χ0v) is 13.8. The van der Waals surface area contributed by atoms with Gasteiger partial charge in [-0.1, -0.05) is 24.1 Å². The fourth-order valence-electron chi connectivity index (χ4n) is 1.81. The molecule has 0 fully saturated rings. The van der Waals surface area contributed by atoms with Gasteiger partial charge in [-0.2, -0.15) is 0 Å². The summed E-state index contributed by atoms with van der Waals surface area (Å²) in [5.74, 6) is 2.37. The summed E-state index contributed by atoms with van der Waals surface area (Å²) in [5.41, 5.74) is -0.673. The Kier molecular flexibility index (Phi) is 6.64. The van der Waals surface area contributed by atoms with E-state index in [9.17, 15) is 9.46 Å². The van der Waals surface area contributed by atoms with Crippen LogP contribution in [-0.4, -0.2) is 35.8 Å². The number of nitrogens with one attached hydrogen (secondary N) is 1. The average molecular weight is 309 g/mol. The molecule has 0 spiro atoms. The van der Waals surface area contributed by atoms with Crippen molar-refractivity contribution < 1.29 is 14.2 Å². The van der Waals surface area contributed by atoms with Gasteiger partial charge in [0.05, 0.1) is 12.3 Å². The van der Waals surface area contributed by atoms with Gasteiger partial charge >= 0.3 is 0 Å². The topological polar surface area (TPSA) is 58.6 Å². The first-order valence-corrected chi connectivity index (χ1v) is 8.64. The van der Waals surface area contributed by atoms with Crippen molar-refractivity contribution in [1.29, 1.82) is 0 Å². The highest BCUT2D eigenvalue weighted by Crippen LogP contribution is 2.45. The van der Waals surface area contributed by atoms with Crippen LogP contribution in [0.25, 0.3) is 0 Å². The quantitative estimate of drug-likeness (QED) is 0.459. The lowest BCUT2D eigenvalue weighted by Crippen LogP contribution is -2.43. The van der Waals surface area contributed by atoms with Gasteiger partial charge in [0.2, 0.25) is 7.37 Å². The van der Waals surface area contributed by atoms with Gasteiger partial charge in [0.25, 0.3) is 0 Å². The molecular weight excluding hydrogens is 285 g/mol. The first-order valence-electron chi connectivity index (χ1n) is 6.91. The summed E-state index contributed by atoms with van der Waals surface area (Å²) < 4.78 is 18.1. The summed E-state index contributed by atoms with van der Waals surface area (Å²) in [4.78, 5) is 10.5. The smallest absolute Gasteiger partial charge is 0.236 e. The molecule has 1 rings (SSSR count). The fraction of sp³-hybridized carbons (Fsp3) is 0.500. The zero-order chi connectivity index (χ0) is 15.9. The second-order valence-corrected chi connectivity index (χ2v) is 8.45. The summed E-state index contributed by atoms with van der Waals surface area (Å²) in [6.07, 6.45) is 5.16. The van der Waals surface area contributed by atoms with Crippen LogP contribution in [0, 0.1) is 12.3 Å². The Morgan fingerprint density at radius 2 is 2.00 bits per heavy atom. The molecule has 1 aromatic rings. The maximum atomic E-state index is 12.8. The molecule has 2 N–H and O–H groups in total. The minimum absolute atomic E-state index is 0.138. The molecule has 0 heterocycles. The van der Waals surface area contributed by atoms with Crippen molar-refractivity contribution in [3.05, 3.63) is 30.3 Å². The largest absolute Gasteiger partial charge is 0.368 e. The van der Waals surface area contributed by atoms with E-state index in [4.69, 9.17) is 11.2 Å². The van der Waals surface area contributed by atoms with E-state index in [-0.39, 0.29) is 18.8 Å². The van der Waals surface area contributed by atoms with E-state index in [0.717, 1.165) is 0 Å². The molecule has 21 heavy (non-hydrogen) atoms. The molecule has 0 bridgehead atoms. The summed E-state index contributed by atoms with van der Waals surface area (Å²) in [6, 6.07) is 8.68. The van der Waals surface area contributed by atoms with Crippen LogP contribution in [-0.2, 0) is 9.30 Å². The monoisotopic (exact) mass is 309 g/mol. The van der Waals surface area contributed by atoms with Gasteiger partial charge in [0.15, 0.2) is 0 Å². The number of benzene rings is 1. The minimum Gasteiger partial charge on any atom is -0.368 e. The van der Waals surface area contributed by atoms with Gasteiger partial charge < -0.3 is 14.9 Å². The van der Waals surface area contributed by atoms with Crippen molar-refractivity contribution in [3.63, 3.8) is 0 Å². The van der Waals surface area contributed by atoms with Crippen LogP contribution in [0.1, 0.15) is 20.8 Å². The van der Waals surface area contributed by atoms with Crippen molar-refractivity contribution in [3.8, 4) is 12.3 Å². The third-order valence-electron chi connectivity index (χ3n) is 2.98. The van der Waals surface area contributed by atoms with E-state index in [2.05, 4.69) is 11.2 Å². The minimum atomic E-state index is -3.54. The first-order chi connectivity index (χ1) is 9.77. The Bertz CT molecular complexity index is 517. The van der Waals surface area contributed by atoms with Crippen LogP contribution in [0.5, 0.6) is 0 Å². The highest BCUT2D eigenvalue weighted by atomic mass is 31.2. The molecule has 0 aliphatic rings. The molecule has 1 aromatic carbocycles. The lowest BCUT2D eigenvalue weighted by Gasteiger charge is -2.28. The first kappa shape index (κ1) is 17.9.